The van der Waals surface area contributed by atoms with Crippen LogP contribution in [0.2, 0.25) is 0 Å². The molecule has 5 rings (SSSR count). The fourth-order valence-electron chi connectivity index (χ4n) is 5.23. The van der Waals surface area contributed by atoms with Crippen LogP contribution in [0.15, 0.2) is 59.5 Å². The molecule has 4 heterocycles. The number of benzene rings is 1. The van der Waals surface area contributed by atoms with E-state index in [1.165, 1.54) is 11.1 Å². The lowest BCUT2D eigenvalue weighted by molar-refractivity contribution is 0.264. The summed E-state index contributed by atoms with van der Waals surface area (Å²) in [6.45, 7) is 10.1. The Morgan fingerprint density at radius 2 is 1.97 bits per heavy atom. The van der Waals surface area contributed by atoms with Crippen molar-refractivity contribution < 1.29 is 4.74 Å². The van der Waals surface area contributed by atoms with Crippen molar-refractivity contribution in [3.63, 3.8) is 0 Å². The topological polar surface area (TPSA) is 91.5 Å². The molecule has 0 radical (unpaired) electrons. The Hall–Kier alpha value is -4.05. The second-order valence-corrected chi connectivity index (χ2v) is 9.51. The van der Waals surface area contributed by atoms with Crippen LogP contribution in [0.1, 0.15) is 11.1 Å². The molecule has 0 unspecified atom stereocenters. The summed E-state index contributed by atoms with van der Waals surface area (Å²) in [7, 11) is 3.81. The van der Waals surface area contributed by atoms with Gasteiger partial charge in [-0.3, -0.25) is 14.5 Å². The van der Waals surface area contributed by atoms with Gasteiger partial charge in [-0.05, 0) is 23.8 Å². The Bertz CT molecular complexity index is 1360. The van der Waals surface area contributed by atoms with Crippen molar-refractivity contribution in [2.75, 3.05) is 69.8 Å². The molecule has 10 nitrogen and oxygen atoms in total. The van der Waals surface area contributed by atoms with Crippen molar-refractivity contribution in [1.29, 1.82) is 0 Å². The summed E-state index contributed by atoms with van der Waals surface area (Å²) in [5.41, 5.74) is 5.11. The Kier molecular flexibility index (Phi) is 7.78. The zero-order valence-corrected chi connectivity index (χ0v) is 22.1. The minimum atomic E-state index is 0.342. The van der Waals surface area contributed by atoms with E-state index in [9.17, 15) is 4.91 Å². The Morgan fingerprint density at radius 3 is 2.68 bits per heavy atom. The van der Waals surface area contributed by atoms with Crippen molar-refractivity contribution in [1.82, 2.24) is 19.4 Å². The van der Waals surface area contributed by atoms with E-state index in [0.29, 0.717) is 13.1 Å². The number of pyridine rings is 1. The Morgan fingerprint density at radius 1 is 1.13 bits per heavy atom. The van der Waals surface area contributed by atoms with Gasteiger partial charge in [0, 0.05) is 95.1 Å². The van der Waals surface area contributed by atoms with E-state index in [4.69, 9.17) is 14.7 Å². The fourth-order valence-corrected chi connectivity index (χ4v) is 5.23. The normalized spacial score (nSPS) is 15.7. The van der Waals surface area contributed by atoms with Gasteiger partial charge in [-0.15, -0.1) is 0 Å². The third-order valence-corrected chi connectivity index (χ3v) is 7.24. The summed E-state index contributed by atoms with van der Waals surface area (Å²) in [5, 5.41) is 2.97. The van der Waals surface area contributed by atoms with Crippen molar-refractivity contribution in [2.45, 2.75) is 13.0 Å². The molecule has 0 saturated carbocycles. The van der Waals surface area contributed by atoms with E-state index < -0.39 is 0 Å². The molecule has 1 aromatic carbocycles. The van der Waals surface area contributed by atoms with Crippen molar-refractivity contribution >= 4 is 18.0 Å². The Labute approximate surface area is 222 Å². The molecule has 0 aliphatic carbocycles. The first-order valence-corrected chi connectivity index (χ1v) is 13.0. The summed E-state index contributed by atoms with van der Waals surface area (Å²) in [4.78, 5) is 31.2. The van der Waals surface area contributed by atoms with Gasteiger partial charge in [0.15, 0.2) is 0 Å². The Balaban J connectivity index is 1.36. The highest BCUT2D eigenvalue weighted by molar-refractivity contribution is 5.64. The highest BCUT2D eigenvalue weighted by atomic mass is 16.5. The molecule has 2 aromatic heterocycles. The molecule has 10 heteroatoms. The van der Waals surface area contributed by atoms with Gasteiger partial charge in [0.1, 0.15) is 17.1 Å². The first kappa shape index (κ1) is 25.6. The predicted molar refractivity (Wildman–Crippen MR) is 150 cm³/mol. The molecule has 1 saturated heterocycles. The monoisotopic (exact) mass is 514 g/mol. The predicted octanol–water partition coefficient (Wildman–Crippen LogP) is 3.04. The van der Waals surface area contributed by atoms with Crippen LogP contribution < -0.4 is 20.0 Å². The van der Waals surface area contributed by atoms with Gasteiger partial charge in [-0.25, -0.2) is 9.97 Å². The summed E-state index contributed by atoms with van der Waals surface area (Å²) in [6, 6.07) is 10.3. The molecule has 1 fully saturated rings. The summed E-state index contributed by atoms with van der Waals surface area (Å²) in [5.74, 6) is 2.68. The van der Waals surface area contributed by atoms with Gasteiger partial charge < -0.3 is 14.5 Å². The van der Waals surface area contributed by atoms with Crippen LogP contribution in [-0.2, 0) is 13.0 Å². The van der Waals surface area contributed by atoms with E-state index in [0.717, 1.165) is 79.9 Å². The number of hydrogen-bond acceptors (Lipinski definition) is 9. The number of aromatic nitrogens is 3. The minimum absolute atomic E-state index is 0.342. The maximum atomic E-state index is 10.4. The van der Waals surface area contributed by atoms with E-state index >= 15 is 0 Å². The quantitative estimate of drug-likeness (QED) is 0.406. The average molecular weight is 515 g/mol. The smallest absolute Gasteiger partial charge is 0.211 e. The molecule has 0 atom stereocenters. The van der Waals surface area contributed by atoms with Gasteiger partial charge >= 0.3 is 0 Å². The number of nitroso groups, excluding NO2 is 1. The van der Waals surface area contributed by atoms with E-state index in [2.05, 4.69) is 43.6 Å². The third-order valence-electron chi connectivity index (χ3n) is 7.24. The SMILES string of the molecule is C=Cn1c(N(C)Cc2cccc3c2CCO3)ncc(-c2ccc(N3CCN(CCN=O)CC3)nc2)c1=NC. The number of hydrogen-bond donors (Lipinski definition) is 0. The number of anilines is 2. The summed E-state index contributed by atoms with van der Waals surface area (Å²) >= 11 is 0. The maximum Gasteiger partial charge on any atom is 0.211 e. The number of nitrogens with zero attached hydrogens (tertiary/aromatic N) is 8. The van der Waals surface area contributed by atoms with Crippen LogP contribution in [0.25, 0.3) is 17.3 Å². The second-order valence-electron chi connectivity index (χ2n) is 9.51. The van der Waals surface area contributed by atoms with Gasteiger partial charge in [0.2, 0.25) is 5.95 Å². The first-order valence-electron chi connectivity index (χ1n) is 13.0. The van der Waals surface area contributed by atoms with Gasteiger partial charge in [0.05, 0.1) is 13.2 Å². The molecular formula is C28H34N8O2. The summed E-state index contributed by atoms with van der Waals surface area (Å²) in [6.07, 6.45) is 6.43. The van der Waals surface area contributed by atoms with Gasteiger partial charge in [0.25, 0.3) is 0 Å². The largest absolute Gasteiger partial charge is 0.493 e. The number of fused-ring (bicyclic) bond motifs is 1. The van der Waals surface area contributed by atoms with Crippen LogP contribution >= 0.6 is 0 Å². The van der Waals surface area contributed by atoms with Crippen molar-refractivity contribution in [2.24, 2.45) is 10.2 Å². The van der Waals surface area contributed by atoms with Gasteiger partial charge in [-0.2, -0.15) is 4.91 Å². The number of rotatable bonds is 9. The van der Waals surface area contributed by atoms with Crippen LogP contribution in [-0.4, -0.2) is 79.4 Å². The van der Waals surface area contributed by atoms with Gasteiger partial charge in [-0.1, -0.05) is 23.9 Å². The molecule has 0 amide bonds. The number of piperazine rings is 1. The third kappa shape index (κ3) is 5.17. The van der Waals surface area contributed by atoms with E-state index in [1.54, 1.807) is 13.2 Å². The number of ether oxygens (including phenoxy) is 1. The maximum absolute atomic E-state index is 10.4. The highest BCUT2D eigenvalue weighted by Gasteiger charge is 2.20. The van der Waals surface area contributed by atoms with Crippen molar-refractivity contribution in [3.05, 3.63) is 70.8 Å². The lowest BCUT2D eigenvalue weighted by atomic mass is 10.0. The van der Waals surface area contributed by atoms with Crippen molar-refractivity contribution in [3.8, 4) is 16.9 Å². The fraction of sp³-hybridized carbons (Fsp3) is 0.393. The molecule has 2 aliphatic rings. The van der Waals surface area contributed by atoms with Crippen LogP contribution in [0.4, 0.5) is 11.8 Å². The zero-order valence-electron chi connectivity index (χ0n) is 22.1. The molecule has 198 valence electrons. The standard InChI is InChI=1S/C28H34N8O2/c1-4-36-27(29-2)24(19-31-28(36)33(3)20-22-6-5-7-25-23(22)10-17-38-25)21-8-9-26(30-18-21)35-15-13-34(14-16-35)12-11-32-37/h4-9,18-19H,1,10-17,20H2,2-3H3. The zero-order chi connectivity index (χ0) is 26.5. The average Bonchev–Trinajstić information content (AvgIpc) is 3.45. The molecule has 3 aromatic rings. The molecule has 2 aliphatic heterocycles. The molecule has 0 N–H and O–H groups in total. The second kappa shape index (κ2) is 11.6. The van der Waals surface area contributed by atoms with Crippen LogP contribution in [0.5, 0.6) is 5.75 Å². The summed E-state index contributed by atoms with van der Waals surface area (Å²) < 4.78 is 7.67. The first-order chi connectivity index (χ1) is 18.6. The molecular weight excluding hydrogens is 480 g/mol. The van der Waals surface area contributed by atoms with E-state index in [1.807, 2.05) is 42.2 Å². The minimum Gasteiger partial charge on any atom is -0.493 e. The lowest BCUT2D eigenvalue weighted by Crippen LogP contribution is -2.47. The van der Waals surface area contributed by atoms with E-state index in [-0.39, 0.29) is 0 Å². The molecule has 0 spiro atoms. The molecule has 0 bridgehead atoms. The van der Waals surface area contributed by atoms with Crippen LogP contribution in [0.3, 0.4) is 0 Å². The molecule has 38 heavy (non-hydrogen) atoms. The van der Waals surface area contributed by atoms with Crippen LogP contribution in [0, 0.1) is 4.91 Å². The highest BCUT2D eigenvalue weighted by Crippen LogP contribution is 2.29. The lowest BCUT2D eigenvalue weighted by Gasteiger charge is -2.35.